The Labute approximate surface area is 121 Å². The van der Waals surface area contributed by atoms with Gasteiger partial charge in [-0.1, -0.05) is 18.2 Å². The molecule has 0 fully saturated rings. The van der Waals surface area contributed by atoms with E-state index in [9.17, 15) is 14.3 Å². The molecule has 0 aliphatic rings. The number of aromatic nitrogens is 3. The fraction of sp³-hybridized carbons (Fsp3) is 0.357. The molecule has 6 nitrogen and oxygen atoms in total. The highest BCUT2D eigenvalue weighted by atomic mass is 19.1. The van der Waals surface area contributed by atoms with Crippen LogP contribution in [0.1, 0.15) is 18.3 Å². The van der Waals surface area contributed by atoms with Gasteiger partial charge in [0.25, 0.3) is 0 Å². The molecule has 1 aromatic carbocycles. The van der Waals surface area contributed by atoms with E-state index in [4.69, 9.17) is 5.73 Å². The monoisotopic (exact) mass is 292 g/mol. The second-order valence-electron chi connectivity index (χ2n) is 4.74. The molecule has 1 heterocycles. The Kier molecular flexibility index (Phi) is 4.32. The first-order valence-electron chi connectivity index (χ1n) is 6.60. The Balaban J connectivity index is 2.53. The van der Waals surface area contributed by atoms with Crippen molar-refractivity contribution in [2.75, 3.05) is 6.54 Å². The maximum Gasteiger partial charge on any atom is 0.316 e. The number of aliphatic carboxylic acids is 1. The summed E-state index contributed by atoms with van der Waals surface area (Å²) < 4.78 is 15.7. The van der Waals surface area contributed by atoms with E-state index in [2.05, 4.69) is 10.1 Å². The molecular formula is C14H17FN4O2. The number of carbonyl (C=O) groups is 1. The number of nitrogens with zero attached hydrogens (tertiary/aromatic N) is 3. The van der Waals surface area contributed by atoms with Crippen molar-refractivity contribution in [2.45, 2.75) is 25.3 Å². The molecule has 21 heavy (non-hydrogen) atoms. The average Bonchev–Trinajstić information content (AvgIpc) is 2.92. The number of benzene rings is 1. The van der Waals surface area contributed by atoms with Gasteiger partial charge < -0.3 is 10.8 Å². The molecule has 2 aromatic rings. The van der Waals surface area contributed by atoms with Gasteiger partial charge in [-0.25, -0.2) is 9.37 Å². The number of halogens is 1. The predicted molar refractivity (Wildman–Crippen MR) is 74.2 cm³/mol. The number of rotatable bonds is 6. The third kappa shape index (κ3) is 2.64. The van der Waals surface area contributed by atoms with E-state index < -0.39 is 17.2 Å². The van der Waals surface area contributed by atoms with Crippen LogP contribution in [0.2, 0.25) is 0 Å². The maximum atomic E-state index is 14.1. The molecule has 0 amide bonds. The molecule has 0 saturated carbocycles. The fourth-order valence-corrected chi connectivity index (χ4v) is 2.36. The van der Waals surface area contributed by atoms with Crippen molar-refractivity contribution in [3.8, 4) is 0 Å². The number of carboxylic acids is 1. The Bertz CT molecular complexity index is 643. The summed E-state index contributed by atoms with van der Waals surface area (Å²) in [5.74, 6) is -1.30. The fourth-order valence-electron chi connectivity index (χ4n) is 2.36. The SMILES string of the molecule is CCn1ncnc1CC(CN)(C(=O)O)c1ccccc1F. The average molecular weight is 292 g/mol. The summed E-state index contributed by atoms with van der Waals surface area (Å²) in [6.07, 6.45) is 1.33. The molecular weight excluding hydrogens is 275 g/mol. The van der Waals surface area contributed by atoms with Gasteiger partial charge in [-0.15, -0.1) is 0 Å². The number of nitrogens with two attached hydrogens (primary N) is 1. The van der Waals surface area contributed by atoms with Gasteiger partial charge in [-0.3, -0.25) is 9.48 Å². The van der Waals surface area contributed by atoms with E-state index in [1.54, 1.807) is 10.7 Å². The second kappa shape index (κ2) is 6.01. The molecule has 0 bridgehead atoms. The minimum atomic E-state index is -1.56. The molecule has 2 rings (SSSR count). The molecule has 1 aromatic heterocycles. The van der Waals surface area contributed by atoms with E-state index >= 15 is 0 Å². The molecule has 0 aliphatic heterocycles. The summed E-state index contributed by atoms with van der Waals surface area (Å²) in [5.41, 5.74) is 4.21. The number of hydrogen-bond donors (Lipinski definition) is 2. The summed E-state index contributed by atoms with van der Waals surface area (Å²) in [6, 6.07) is 5.78. The normalized spacial score (nSPS) is 13.9. The van der Waals surface area contributed by atoms with Crippen molar-refractivity contribution in [3.05, 3.63) is 47.8 Å². The van der Waals surface area contributed by atoms with Crippen molar-refractivity contribution in [1.29, 1.82) is 0 Å². The molecule has 7 heteroatoms. The zero-order chi connectivity index (χ0) is 15.5. The quantitative estimate of drug-likeness (QED) is 0.827. The van der Waals surface area contributed by atoms with Crippen LogP contribution in [0, 0.1) is 5.82 Å². The zero-order valence-corrected chi connectivity index (χ0v) is 11.7. The van der Waals surface area contributed by atoms with Crippen LogP contribution in [-0.4, -0.2) is 32.4 Å². The predicted octanol–water partition coefficient (Wildman–Crippen LogP) is 0.961. The molecule has 112 valence electrons. The first kappa shape index (κ1) is 15.1. The highest BCUT2D eigenvalue weighted by Gasteiger charge is 2.42. The van der Waals surface area contributed by atoms with Gasteiger partial charge in [0.1, 0.15) is 23.4 Å². The molecule has 1 unspecified atom stereocenters. The highest BCUT2D eigenvalue weighted by molar-refractivity contribution is 5.82. The van der Waals surface area contributed by atoms with Gasteiger partial charge in [0.05, 0.1) is 0 Å². The maximum absolute atomic E-state index is 14.1. The van der Waals surface area contributed by atoms with E-state index in [1.165, 1.54) is 24.5 Å². The van der Waals surface area contributed by atoms with Crippen LogP contribution < -0.4 is 5.73 Å². The van der Waals surface area contributed by atoms with Crippen LogP contribution in [0.15, 0.2) is 30.6 Å². The van der Waals surface area contributed by atoms with E-state index in [0.29, 0.717) is 12.4 Å². The van der Waals surface area contributed by atoms with Crippen LogP contribution >= 0.6 is 0 Å². The van der Waals surface area contributed by atoms with E-state index in [0.717, 1.165) is 0 Å². The number of hydrogen-bond acceptors (Lipinski definition) is 4. The Morgan fingerprint density at radius 3 is 2.76 bits per heavy atom. The Hall–Kier alpha value is -2.28. The third-order valence-corrected chi connectivity index (χ3v) is 3.60. The first-order chi connectivity index (χ1) is 10.0. The Morgan fingerprint density at radius 1 is 1.48 bits per heavy atom. The minimum absolute atomic E-state index is 0.0202. The standard InChI is InChI=1S/C14H17FN4O2/c1-2-19-12(17-9-18-19)7-14(8-16,13(20)21)10-5-3-4-6-11(10)15/h3-6,9H,2,7-8,16H2,1H3,(H,20,21). The minimum Gasteiger partial charge on any atom is -0.481 e. The van der Waals surface area contributed by atoms with Gasteiger partial charge >= 0.3 is 5.97 Å². The summed E-state index contributed by atoms with van der Waals surface area (Å²) in [7, 11) is 0. The molecule has 0 aliphatic carbocycles. The van der Waals surface area contributed by atoms with Gasteiger partial charge in [-0.2, -0.15) is 5.10 Å². The second-order valence-corrected chi connectivity index (χ2v) is 4.74. The molecule has 0 saturated heterocycles. The summed E-state index contributed by atoms with van der Waals surface area (Å²) >= 11 is 0. The lowest BCUT2D eigenvalue weighted by Gasteiger charge is -2.28. The topological polar surface area (TPSA) is 94.0 Å². The molecule has 0 spiro atoms. The lowest BCUT2D eigenvalue weighted by molar-refractivity contribution is -0.143. The van der Waals surface area contributed by atoms with Gasteiger partial charge in [0.2, 0.25) is 0 Å². The molecule has 1 atom stereocenters. The summed E-state index contributed by atoms with van der Waals surface area (Å²) in [6.45, 7) is 2.18. The molecule has 0 radical (unpaired) electrons. The lowest BCUT2D eigenvalue weighted by atomic mass is 9.77. The van der Waals surface area contributed by atoms with Crippen LogP contribution in [0.5, 0.6) is 0 Å². The van der Waals surface area contributed by atoms with Crippen LogP contribution in [0.25, 0.3) is 0 Å². The van der Waals surface area contributed by atoms with Crippen molar-refractivity contribution < 1.29 is 14.3 Å². The smallest absolute Gasteiger partial charge is 0.316 e. The third-order valence-electron chi connectivity index (χ3n) is 3.60. The summed E-state index contributed by atoms with van der Waals surface area (Å²) in [5, 5.41) is 13.7. The molecule has 3 N–H and O–H groups in total. The summed E-state index contributed by atoms with van der Waals surface area (Å²) in [4.78, 5) is 15.9. The van der Waals surface area contributed by atoms with Crippen LogP contribution in [0.3, 0.4) is 0 Å². The van der Waals surface area contributed by atoms with Crippen molar-refractivity contribution >= 4 is 5.97 Å². The first-order valence-corrected chi connectivity index (χ1v) is 6.60. The highest BCUT2D eigenvalue weighted by Crippen LogP contribution is 2.29. The number of aryl methyl sites for hydroxylation is 1. The van der Waals surface area contributed by atoms with Crippen LogP contribution in [0.4, 0.5) is 4.39 Å². The zero-order valence-electron chi connectivity index (χ0n) is 11.7. The lowest BCUT2D eigenvalue weighted by Crippen LogP contribution is -2.46. The van der Waals surface area contributed by atoms with Crippen molar-refractivity contribution in [3.63, 3.8) is 0 Å². The van der Waals surface area contributed by atoms with Crippen molar-refractivity contribution in [1.82, 2.24) is 14.8 Å². The van der Waals surface area contributed by atoms with Gasteiger partial charge in [0.15, 0.2) is 0 Å². The van der Waals surface area contributed by atoms with Crippen LogP contribution in [-0.2, 0) is 23.2 Å². The number of carboxylic acid groups (broad SMARTS) is 1. The van der Waals surface area contributed by atoms with E-state index in [-0.39, 0.29) is 18.5 Å². The van der Waals surface area contributed by atoms with Crippen molar-refractivity contribution in [2.24, 2.45) is 5.73 Å². The Morgan fingerprint density at radius 2 is 2.19 bits per heavy atom. The van der Waals surface area contributed by atoms with Gasteiger partial charge in [-0.05, 0) is 13.0 Å². The van der Waals surface area contributed by atoms with E-state index in [1.807, 2.05) is 6.92 Å². The largest absolute Gasteiger partial charge is 0.481 e. The van der Waals surface area contributed by atoms with Gasteiger partial charge in [0, 0.05) is 25.1 Å².